The van der Waals surface area contributed by atoms with E-state index in [1.165, 1.54) is 16.5 Å². The van der Waals surface area contributed by atoms with Crippen molar-refractivity contribution in [3.8, 4) is 5.75 Å². The predicted octanol–water partition coefficient (Wildman–Crippen LogP) is 3.46. The number of rotatable bonds is 3. The Morgan fingerprint density at radius 3 is 3.05 bits per heavy atom. The summed E-state index contributed by atoms with van der Waals surface area (Å²) >= 11 is 0. The highest BCUT2D eigenvalue weighted by atomic mass is 16.5. The third-order valence-electron chi connectivity index (χ3n) is 3.92. The van der Waals surface area contributed by atoms with Crippen LogP contribution in [0.4, 0.5) is 0 Å². The molecule has 0 spiro atoms. The van der Waals surface area contributed by atoms with Crippen molar-refractivity contribution in [2.24, 2.45) is 0 Å². The molecule has 0 bridgehead atoms. The van der Waals surface area contributed by atoms with Gasteiger partial charge in [0.05, 0.1) is 11.6 Å². The van der Waals surface area contributed by atoms with Crippen LogP contribution >= 0.6 is 0 Å². The molecule has 21 heavy (non-hydrogen) atoms. The Kier molecular flexibility index (Phi) is 3.05. The van der Waals surface area contributed by atoms with Crippen molar-refractivity contribution in [1.82, 2.24) is 10.3 Å². The number of benzene rings is 2. The fourth-order valence-electron chi connectivity index (χ4n) is 2.81. The highest BCUT2D eigenvalue weighted by molar-refractivity contribution is 5.78. The lowest BCUT2D eigenvalue weighted by molar-refractivity contribution is 0.310. The first kappa shape index (κ1) is 12.4. The average Bonchev–Trinajstić information content (AvgIpc) is 2.96. The van der Waals surface area contributed by atoms with Crippen LogP contribution in [0.5, 0.6) is 5.75 Å². The van der Waals surface area contributed by atoms with Gasteiger partial charge in [0.25, 0.3) is 0 Å². The van der Waals surface area contributed by atoms with Crippen LogP contribution in [-0.2, 0) is 6.54 Å². The lowest BCUT2D eigenvalue weighted by Gasteiger charge is -2.12. The van der Waals surface area contributed by atoms with Crippen LogP contribution < -0.4 is 10.1 Å². The summed E-state index contributed by atoms with van der Waals surface area (Å²) in [6.07, 6.45) is 1.83. The number of ether oxygens (including phenoxy) is 1. The molecule has 1 atom stereocenters. The Bertz CT molecular complexity index is 785. The minimum Gasteiger partial charge on any atom is -0.491 e. The van der Waals surface area contributed by atoms with E-state index >= 15 is 0 Å². The van der Waals surface area contributed by atoms with Crippen LogP contribution in [0.25, 0.3) is 10.9 Å². The minimum absolute atomic E-state index is 0.269. The van der Waals surface area contributed by atoms with E-state index in [4.69, 9.17) is 4.74 Å². The van der Waals surface area contributed by atoms with Gasteiger partial charge in [0, 0.05) is 23.7 Å². The van der Waals surface area contributed by atoms with Gasteiger partial charge in [-0.25, -0.2) is 0 Å². The number of fused-ring (bicyclic) bond motifs is 2. The predicted molar refractivity (Wildman–Crippen MR) is 83.3 cm³/mol. The molecule has 1 aliphatic rings. The minimum atomic E-state index is 0.269. The maximum Gasteiger partial charge on any atom is 0.124 e. The molecule has 1 aliphatic heterocycles. The normalized spacial score (nSPS) is 16.7. The summed E-state index contributed by atoms with van der Waals surface area (Å²) in [5, 5.41) is 4.75. The second-order valence-corrected chi connectivity index (χ2v) is 5.31. The van der Waals surface area contributed by atoms with Crippen molar-refractivity contribution in [3.05, 3.63) is 71.9 Å². The largest absolute Gasteiger partial charge is 0.491 e. The van der Waals surface area contributed by atoms with Crippen LogP contribution in [0.1, 0.15) is 17.2 Å². The highest BCUT2D eigenvalue weighted by Gasteiger charge is 2.22. The van der Waals surface area contributed by atoms with Gasteiger partial charge in [-0.3, -0.25) is 4.98 Å². The first-order valence-corrected chi connectivity index (χ1v) is 7.19. The molecule has 2 aromatic carbocycles. The monoisotopic (exact) mass is 276 g/mol. The summed E-state index contributed by atoms with van der Waals surface area (Å²) in [5.41, 5.74) is 3.55. The van der Waals surface area contributed by atoms with Gasteiger partial charge < -0.3 is 10.1 Å². The smallest absolute Gasteiger partial charge is 0.124 e. The van der Waals surface area contributed by atoms with Crippen LogP contribution in [0.15, 0.2) is 60.8 Å². The van der Waals surface area contributed by atoms with Gasteiger partial charge in [-0.15, -0.1) is 0 Å². The lowest BCUT2D eigenvalue weighted by Crippen LogP contribution is -2.21. The maximum atomic E-state index is 5.70. The van der Waals surface area contributed by atoms with Gasteiger partial charge in [-0.05, 0) is 29.8 Å². The molecule has 2 heterocycles. The van der Waals surface area contributed by atoms with E-state index in [9.17, 15) is 0 Å². The SMILES string of the molecule is c1ccc2c(c1)OCC2NCc1ccc2ncccc2c1. The Hall–Kier alpha value is -2.39. The topological polar surface area (TPSA) is 34.1 Å². The maximum absolute atomic E-state index is 5.70. The zero-order valence-electron chi connectivity index (χ0n) is 11.6. The molecular weight excluding hydrogens is 260 g/mol. The van der Waals surface area contributed by atoms with Crippen LogP contribution in [0, 0.1) is 0 Å². The zero-order valence-corrected chi connectivity index (χ0v) is 11.6. The van der Waals surface area contributed by atoms with E-state index in [0.29, 0.717) is 6.61 Å². The van der Waals surface area contributed by atoms with Gasteiger partial charge in [0.2, 0.25) is 0 Å². The van der Waals surface area contributed by atoms with Gasteiger partial charge in [0.15, 0.2) is 0 Å². The van der Waals surface area contributed by atoms with E-state index < -0.39 is 0 Å². The summed E-state index contributed by atoms with van der Waals surface area (Å²) in [4.78, 5) is 4.35. The lowest BCUT2D eigenvalue weighted by atomic mass is 10.1. The number of hydrogen-bond donors (Lipinski definition) is 1. The third-order valence-corrected chi connectivity index (χ3v) is 3.92. The Balaban J connectivity index is 1.51. The summed E-state index contributed by atoms with van der Waals surface area (Å²) < 4.78 is 5.70. The van der Waals surface area contributed by atoms with E-state index in [1.54, 1.807) is 0 Å². The quantitative estimate of drug-likeness (QED) is 0.795. The summed E-state index contributed by atoms with van der Waals surface area (Å²) in [7, 11) is 0. The van der Waals surface area contributed by atoms with Crippen molar-refractivity contribution in [1.29, 1.82) is 0 Å². The second kappa shape index (κ2) is 5.19. The molecule has 0 aliphatic carbocycles. The standard InChI is InChI=1S/C18H16N2O/c1-2-6-18-15(5-1)17(12-21-18)20-11-13-7-8-16-14(10-13)4-3-9-19-16/h1-10,17,20H,11-12H2. The number of hydrogen-bond acceptors (Lipinski definition) is 3. The molecule has 3 heteroatoms. The van der Waals surface area contributed by atoms with Crippen molar-refractivity contribution >= 4 is 10.9 Å². The third kappa shape index (κ3) is 2.36. The van der Waals surface area contributed by atoms with E-state index in [0.717, 1.165) is 17.8 Å². The molecule has 0 amide bonds. The molecule has 0 saturated carbocycles. The molecule has 1 unspecified atom stereocenters. The highest BCUT2D eigenvalue weighted by Crippen LogP contribution is 2.31. The molecule has 104 valence electrons. The molecule has 0 saturated heterocycles. The average molecular weight is 276 g/mol. The van der Waals surface area contributed by atoms with Crippen molar-refractivity contribution in [2.75, 3.05) is 6.61 Å². The number of nitrogens with one attached hydrogen (secondary N) is 1. The van der Waals surface area contributed by atoms with E-state index in [2.05, 4.69) is 46.7 Å². The van der Waals surface area contributed by atoms with Crippen LogP contribution in [0.2, 0.25) is 0 Å². The molecule has 4 rings (SSSR count). The Morgan fingerprint density at radius 1 is 1.10 bits per heavy atom. The van der Waals surface area contributed by atoms with Crippen molar-refractivity contribution < 1.29 is 4.74 Å². The zero-order chi connectivity index (χ0) is 14.1. The molecule has 3 aromatic rings. The van der Waals surface area contributed by atoms with Crippen LogP contribution in [0.3, 0.4) is 0 Å². The molecule has 1 aromatic heterocycles. The second-order valence-electron chi connectivity index (χ2n) is 5.31. The molecule has 0 radical (unpaired) electrons. The first-order valence-electron chi connectivity index (χ1n) is 7.19. The number of para-hydroxylation sites is 1. The first-order chi connectivity index (χ1) is 10.4. The van der Waals surface area contributed by atoms with Gasteiger partial charge >= 0.3 is 0 Å². The van der Waals surface area contributed by atoms with E-state index in [-0.39, 0.29) is 6.04 Å². The Morgan fingerprint density at radius 2 is 2.05 bits per heavy atom. The summed E-state index contributed by atoms with van der Waals surface area (Å²) in [5.74, 6) is 0.998. The van der Waals surface area contributed by atoms with Crippen molar-refractivity contribution in [3.63, 3.8) is 0 Å². The molecule has 3 nitrogen and oxygen atoms in total. The van der Waals surface area contributed by atoms with Gasteiger partial charge in [-0.1, -0.05) is 30.3 Å². The number of nitrogens with zero attached hydrogens (tertiary/aromatic N) is 1. The Labute approximate surface area is 123 Å². The van der Waals surface area contributed by atoms with Gasteiger partial charge in [-0.2, -0.15) is 0 Å². The number of pyridine rings is 1. The van der Waals surface area contributed by atoms with Gasteiger partial charge in [0.1, 0.15) is 12.4 Å². The fourth-order valence-corrected chi connectivity index (χ4v) is 2.81. The number of aromatic nitrogens is 1. The molecule has 1 N–H and O–H groups in total. The molecule has 0 fully saturated rings. The van der Waals surface area contributed by atoms with Crippen LogP contribution in [-0.4, -0.2) is 11.6 Å². The van der Waals surface area contributed by atoms with Crippen molar-refractivity contribution in [2.45, 2.75) is 12.6 Å². The summed E-state index contributed by atoms with van der Waals surface area (Å²) in [6.45, 7) is 1.53. The summed E-state index contributed by atoms with van der Waals surface area (Å²) in [6, 6.07) is 19.0. The molecular formula is C18H16N2O. The van der Waals surface area contributed by atoms with E-state index in [1.807, 2.05) is 24.4 Å². The fraction of sp³-hybridized carbons (Fsp3) is 0.167.